The van der Waals surface area contributed by atoms with Crippen molar-refractivity contribution in [2.75, 3.05) is 75.7 Å². The maximum atomic E-state index is 13.7. The molecule has 2 amide bonds. The predicted molar refractivity (Wildman–Crippen MR) is 199 cm³/mol. The number of benzene rings is 3. The van der Waals surface area contributed by atoms with Crippen molar-refractivity contribution in [2.24, 2.45) is 5.10 Å². The van der Waals surface area contributed by atoms with E-state index >= 15 is 0 Å². The van der Waals surface area contributed by atoms with Gasteiger partial charge in [0.2, 0.25) is 0 Å². The molecule has 1 fully saturated rings. The molecular weight excluding hydrogens is 617 g/mol. The number of anilines is 2. The molecule has 1 saturated heterocycles. The molecule has 10 heteroatoms. The first-order chi connectivity index (χ1) is 23.8. The van der Waals surface area contributed by atoms with E-state index in [9.17, 15) is 14.0 Å². The first-order valence-electron chi connectivity index (χ1n) is 17.9. The highest BCUT2D eigenvalue weighted by Crippen LogP contribution is 2.27. The average molecular weight is 672 g/mol. The molecule has 3 aromatic carbocycles. The van der Waals surface area contributed by atoms with Crippen molar-refractivity contribution in [3.05, 3.63) is 94.8 Å². The van der Waals surface area contributed by atoms with E-state index in [2.05, 4.69) is 69.2 Å². The second-order valence-corrected chi connectivity index (χ2v) is 12.5. The fourth-order valence-corrected chi connectivity index (χ4v) is 6.13. The molecule has 3 aromatic rings. The third-order valence-corrected chi connectivity index (χ3v) is 9.32. The van der Waals surface area contributed by atoms with Crippen LogP contribution < -0.4 is 15.6 Å². The summed E-state index contributed by atoms with van der Waals surface area (Å²) in [6.07, 6.45) is 4.85. The lowest BCUT2D eigenvalue weighted by Gasteiger charge is -2.29. The zero-order valence-corrected chi connectivity index (χ0v) is 29.8. The van der Waals surface area contributed by atoms with Gasteiger partial charge in [0.05, 0.1) is 17.5 Å². The lowest BCUT2D eigenvalue weighted by Crippen LogP contribution is -2.39. The number of halogens is 1. The van der Waals surface area contributed by atoms with Crippen LogP contribution in [0.1, 0.15) is 78.8 Å². The molecule has 4 rings (SSSR count). The van der Waals surface area contributed by atoms with Crippen LogP contribution >= 0.6 is 0 Å². The number of hydrogen-bond acceptors (Lipinski definition) is 7. The summed E-state index contributed by atoms with van der Waals surface area (Å²) in [5.74, 6) is -1.07. The number of amides is 2. The Balaban J connectivity index is 1.51. The summed E-state index contributed by atoms with van der Waals surface area (Å²) in [6, 6.07) is 19.2. The van der Waals surface area contributed by atoms with Gasteiger partial charge in [0.25, 0.3) is 11.8 Å². The fourth-order valence-electron chi connectivity index (χ4n) is 6.13. The molecule has 0 atom stereocenters. The summed E-state index contributed by atoms with van der Waals surface area (Å²) in [4.78, 5) is 36.8. The van der Waals surface area contributed by atoms with E-state index in [1.54, 1.807) is 18.2 Å². The molecule has 0 saturated carbocycles. The van der Waals surface area contributed by atoms with E-state index in [0.29, 0.717) is 22.4 Å². The quantitative estimate of drug-likeness (QED) is 0.122. The summed E-state index contributed by atoms with van der Waals surface area (Å²) < 4.78 is 13.3. The zero-order valence-electron chi connectivity index (χ0n) is 29.8. The van der Waals surface area contributed by atoms with Crippen LogP contribution in [0.4, 0.5) is 15.8 Å². The number of piperidine rings is 1. The predicted octanol–water partition coefficient (Wildman–Crippen LogP) is 6.32. The third kappa shape index (κ3) is 11.8. The highest BCUT2D eigenvalue weighted by Gasteiger charge is 2.19. The monoisotopic (exact) mass is 671 g/mol. The van der Waals surface area contributed by atoms with Gasteiger partial charge >= 0.3 is 0 Å². The van der Waals surface area contributed by atoms with E-state index in [-0.39, 0.29) is 11.7 Å². The lowest BCUT2D eigenvalue weighted by molar-refractivity contribution is 0.0956. The van der Waals surface area contributed by atoms with E-state index in [0.717, 1.165) is 96.1 Å². The Hall–Kier alpha value is -4.12. The van der Waals surface area contributed by atoms with E-state index in [1.807, 2.05) is 30.3 Å². The Labute approximate surface area is 292 Å². The highest BCUT2D eigenvalue weighted by atomic mass is 19.1. The first-order valence-corrected chi connectivity index (χ1v) is 17.9. The van der Waals surface area contributed by atoms with Crippen LogP contribution in [-0.4, -0.2) is 98.2 Å². The van der Waals surface area contributed by atoms with Gasteiger partial charge in [0.1, 0.15) is 5.82 Å². The number of nitrogens with zero attached hydrogens (tertiary/aromatic N) is 5. The molecule has 1 heterocycles. The lowest BCUT2D eigenvalue weighted by atomic mass is 10.1. The molecule has 0 aliphatic carbocycles. The number of likely N-dealkylation sites (N-methyl/N-ethyl adjacent to an activating group) is 2. The smallest absolute Gasteiger partial charge is 0.273 e. The molecule has 49 heavy (non-hydrogen) atoms. The Morgan fingerprint density at radius 1 is 0.776 bits per heavy atom. The topological polar surface area (TPSA) is 83.5 Å². The Morgan fingerprint density at radius 2 is 1.41 bits per heavy atom. The SMILES string of the molecule is CCN(CC)CCN(CCN(CC)CC)Cc1cccc(C(=O)Nc2ccc(N3CCCCC3)cc2C(=O)N/N=C/c2ccc(F)cc2)c1. The van der Waals surface area contributed by atoms with Gasteiger partial charge < -0.3 is 20.0 Å². The van der Waals surface area contributed by atoms with Gasteiger partial charge in [0.15, 0.2) is 0 Å². The molecule has 1 aliphatic rings. The van der Waals surface area contributed by atoms with Crippen molar-refractivity contribution in [3.8, 4) is 0 Å². The number of hydrazone groups is 1. The number of rotatable bonds is 18. The Bertz CT molecular complexity index is 1480. The Morgan fingerprint density at radius 3 is 2.04 bits per heavy atom. The molecule has 0 bridgehead atoms. The molecule has 0 aromatic heterocycles. The minimum atomic E-state index is -0.446. The van der Waals surface area contributed by atoms with Crippen LogP contribution in [-0.2, 0) is 6.54 Å². The summed E-state index contributed by atoms with van der Waals surface area (Å²) in [5.41, 5.74) is 6.50. The van der Waals surface area contributed by atoms with Crippen molar-refractivity contribution in [1.29, 1.82) is 0 Å². The largest absolute Gasteiger partial charge is 0.372 e. The van der Waals surface area contributed by atoms with Gasteiger partial charge in [-0.2, -0.15) is 5.10 Å². The molecule has 0 radical (unpaired) electrons. The maximum Gasteiger partial charge on any atom is 0.273 e. The molecule has 9 nitrogen and oxygen atoms in total. The van der Waals surface area contributed by atoms with Gasteiger partial charge in [-0.15, -0.1) is 0 Å². The van der Waals surface area contributed by atoms with Crippen LogP contribution in [0.15, 0.2) is 71.8 Å². The highest BCUT2D eigenvalue weighted by molar-refractivity contribution is 6.09. The minimum absolute atomic E-state index is 0.283. The zero-order chi connectivity index (χ0) is 35.0. The minimum Gasteiger partial charge on any atom is -0.372 e. The van der Waals surface area contributed by atoms with E-state index in [4.69, 9.17) is 0 Å². The van der Waals surface area contributed by atoms with Gasteiger partial charge in [-0.05, 0) is 99.0 Å². The number of hydrogen-bond donors (Lipinski definition) is 2. The fraction of sp³-hybridized carbons (Fsp3) is 0.462. The van der Waals surface area contributed by atoms with Crippen molar-refractivity contribution < 1.29 is 14.0 Å². The van der Waals surface area contributed by atoms with Crippen molar-refractivity contribution >= 4 is 29.4 Å². The standard InChI is InChI=1S/C39H54FN7O2/c1-5-44(6-2)23-25-46(26-24-45(7-3)8-4)30-32-13-12-14-33(27-32)38(48)42-37-20-19-35(47-21-10-9-11-22-47)28-36(37)39(49)43-41-29-31-15-17-34(40)18-16-31/h12-20,27-29H,5-11,21-26,30H2,1-4H3,(H,42,48)(H,43,49)/b41-29+. The number of nitrogens with one attached hydrogen (secondary N) is 2. The van der Waals surface area contributed by atoms with Gasteiger partial charge in [-0.1, -0.05) is 52.0 Å². The first kappa shape index (κ1) is 37.7. The van der Waals surface area contributed by atoms with Crippen LogP contribution in [0, 0.1) is 5.82 Å². The van der Waals surface area contributed by atoms with Crippen molar-refractivity contribution in [1.82, 2.24) is 20.1 Å². The molecule has 0 unspecified atom stereocenters. The summed E-state index contributed by atoms with van der Waals surface area (Å²) >= 11 is 0. The van der Waals surface area contributed by atoms with Crippen LogP contribution in [0.3, 0.4) is 0 Å². The van der Waals surface area contributed by atoms with Crippen molar-refractivity contribution in [2.45, 2.75) is 53.5 Å². The maximum absolute atomic E-state index is 13.7. The third-order valence-electron chi connectivity index (χ3n) is 9.32. The van der Waals surface area contributed by atoms with Crippen LogP contribution in [0.2, 0.25) is 0 Å². The number of carbonyl (C=O) groups excluding carboxylic acids is 2. The summed E-state index contributed by atoms with van der Waals surface area (Å²) in [6.45, 7) is 19.4. The second kappa shape index (κ2) is 19.8. The second-order valence-electron chi connectivity index (χ2n) is 12.5. The molecule has 1 aliphatic heterocycles. The van der Waals surface area contributed by atoms with Crippen molar-refractivity contribution in [3.63, 3.8) is 0 Å². The van der Waals surface area contributed by atoms with Gasteiger partial charge in [-0.25, -0.2) is 9.82 Å². The summed E-state index contributed by atoms with van der Waals surface area (Å²) in [5, 5.41) is 7.10. The Kier molecular flexibility index (Phi) is 15.2. The molecule has 264 valence electrons. The van der Waals surface area contributed by atoms with E-state index < -0.39 is 5.91 Å². The van der Waals surface area contributed by atoms with Gasteiger partial charge in [-0.3, -0.25) is 14.5 Å². The van der Waals surface area contributed by atoms with Gasteiger partial charge in [0, 0.05) is 57.1 Å². The normalized spacial score (nSPS) is 13.5. The number of carbonyl (C=O) groups is 2. The molecular formula is C39H54FN7O2. The summed E-state index contributed by atoms with van der Waals surface area (Å²) in [7, 11) is 0. The molecule has 2 N–H and O–H groups in total. The van der Waals surface area contributed by atoms with Crippen LogP contribution in [0.5, 0.6) is 0 Å². The molecule has 0 spiro atoms. The van der Waals surface area contributed by atoms with E-state index in [1.165, 1.54) is 24.8 Å². The average Bonchev–Trinajstić information content (AvgIpc) is 3.13. The van der Waals surface area contributed by atoms with Crippen LogP contribution in [0.25, 0.3) is 0 Å².